The van der Waals surface area contributed by atoms with Crippen LogP contribution in [0.4, 0.5) is 0 Å². The predicted octanol–water partition coefficient (Wildman–Crippen LogP) is 3.47. The highest BCUT2D eigenvalue weighted by Gasteiger charge is 2.17. The first-order chi connectivity index (χ1) is 8.15. The van der Waals surface area contributed by atoms with Gasteiger partial charge in [-0.2, -0.15) is 0 Å². The van der Waals surface area contributed by atoms with Gasteiger partial charge in [0, 0.05) is 16.5 Å². The van der Waals surface area contributed by atoms with Gasteiger partial charge in [-0.15, -0.1) is 0 Å². The number of ether oxygens (including phenoxy) is 1. The zero-order valence-corrected chi connectivity index (χ0v) is 10.4. The van der Waals surface area contributed by atoms with Crippen LogP contribution in [0.1, 0.15) is 42.9 Å². The van der Waals surface area contributed by atoms with Crippen LogP contribution in [0, 0.1) is 0 Å². The third-order valence-corrected chi connectivity index (χ3v) is 2.80. The molecule has 0 radical (unpaired) electrons. The Balaban J connectivity index is 2.60. The summed E-state index contributed by atoms with van der Waals surface area (Å²) in [7, 11) is 0. The Hall–Kier alpha value is -1.77. The summed E-state index contributed by atoms with van der Waals surface area (Å²) >= 11 is 0. The van der Waals surface area contributed by atoms with Crippen LogP contribution >= 0.6 is 0 Å². The van der Waals surface area contributed by atoms with E-state index in [0.29, 0.717) is 18.2 Å². The maximum Gasteiger partial charge on any atom is 0.355 e. The number of carbonyl (C=O) groups excluding carboxylic acids is 1. The van der Waals surface area contributed by atoms with Crippen molar-refractivity contribution >= 4 is 16.7 Å². The number of H-pyrrole nitrogens is 1. The molecule has 1 aromatic heterocycles. The van der Waals surface area contributed by atoms with Crippen LogP contribution < -0.4 is 0 Å². The SMILES string of the molecule is CCOC(=O)c1[nH]c(C(C)C)c2ccccc12. The molecule has 0 spiro atoms. The van der Waals surface area contributed by atoms with Gasteiger partial charge in [0.15, 0.2) is 0 Å². The summed E-state index contributed by atoms with van der Waals surface area (Å²) in [4.78, 5) is 15.0. The zero-order valence-electron chi connectivity index (χ0n) is 10.4. The first-order valence-electron chi connectivity index (χ1n) is 5.92. The smallest absolute Gasteiger partial charge is 0.355 e. The molecule has 0 amide bonds. The zero-order chi connectivity index (χ0) is 12.4. The van der Waals surface area contributed by atoms with Crippen molar-refractivity contribution in [3.63, 3.8) is 0 Å². The van der Waals surface area contributed by atoms with Crippen molar-refractivity contribution in [2.75, 3.05) is 6.61 Å². The van der Waals surface area contributed by atoms with Crippen LogP contribution in [0.2, 0.25) is 0 Å². The monoisotopic (exact) mass is 231 g/mol. The lowest BCUT2D eigenvalue weighted by Crippen LogP contribution is -2.05. The molecule has 3 heteroatoms. The first kappa shape index (κ1) is 11.7. The van der Waals surface area contributed by atoms with Crippen molar-refractivity contribution < 1.29 is 9.53 Å². The van der Waals surface area contributed by atoms with Gasteiger partial charge in [-0.05, 0) is 12.8 Å². The standard InChI is InChI=1S/C14H17NO2/c1-4-17-14(16)13-11-8-6-5-7-10(11)12(15-13)9(2)3/h5-9,15H,4H2,1-3H3. The third kappa shape index (κ3) is 2.05. The third-order valence-electron chi connectivity index (χ3n) is 2.80. The first-order valence-corrected chi connectivity index (χ1v) is 5.92. The second kappa shape index (κ2) is 4.62. The molecule has 0 aliphatic carbocycles. The average Bonchev–Trinajstić information content (AvgIpc) is 2.69. The summed E-state index contributed by atoms with van der Waals surface area (Å²) in [5, 5.41) is 2.04. The highest BCUT2D eigenvalue weighted by Crippen LogP contribution is 2.28. The summed E-state index contributed by atoms with van der Waals surface area (Å²) < 4.78 is 5.06. The highest BCUT2D eigenvalue weighted by molar-refractivity contribution is 6.04. The molecular formula is C14H17NO2. The van der Waals surface area contributed by atoms with Crippen LogP contribution in [0.3, 0.4) is 0 Å². The quantitative estimate of drug-likeness (QED) is 0.822. The summed E-state index contributed by atoms with van der Waals surface area (Å²) in [5.74, 6) is 0.0682. The minimum Gasteiger partial charge on any atom is -0.461 e. The van der Waals surface area contributed by atoms with Gasteiger partial charge < -0.3 is 9.72 Å². The summed E-state index contributed by atoms with van der Waals surface area (Å²) in [6.07, 6.45) is 0. The van der Waals surface area contributed by atoms with Gasteiger partial charge >= 0.3 is 5.97 Å². The fourth-order valence-corrected chi connectivity index (χ4v) is 2.02. The fraction of sp³-hybridized carbons (Fsp3) is 0.357. The van der Waals surface area contributed by atoms with Crippen molar-refractivity contribution in [3.8, 4) is 0 Å². The summed E-state index contributed by atoms with van der Waals surface area (Å²) in [6, 6.07) is 7.90. The van der Waals surface area contributed by atoms with Crippen LogP contribution in [-0.4, -0.2) is 17.6 Å². The van der Waals surface area contributed by atoms with Crippen LogP contribution in [0.5, 0.6) is 0 Å². The number of aromatic nitrogens is 1. The van der Waals surface area contributed by atoms with Crippen LogP contribution in [0.25, 0.3) is 10.8 Å². The fourth-order valence-electron chi connectivity index (χ4n) is 2.02. The normalized spacial score (nSPS) is 11.1. The number of esters is 1. The molecule has 0 saturated heterocycles. The number of hydrogen-bond acceptors (Lipinski definition) is 2. The Bertz CT molecular complexity index is 540. The van der Waals surface area contributed by atoms with Gasteiger partial charge in [0.2, 0.25) is 0 Å². The van der Waals surface area contributed by atoms with Gasteiger partial charge in [0.05, 0.1) is 6.61 Å². The second-order valence-electron chi connectivity index (χ2n) is 4.33. The number of carbonyl (C=O) groups is 1. The minimum absolute atomic E-state index is 0.282. The molecule has 1 N–H and O–H groups in total. The Morgan fingerprint density at radius 1 is 1.29 bits per heavy atom. The Morgan fingerprint density at radius 2 is 1.94 bits per heavy atom. The van der Waals surface area contributed by atoms with Gasteiger partial charge in [-0.25, -0.2) is 4.79 Å². The molecule has 0 unspecified atom stereocenters. The number of aromatic amines is 1. The molecular weight excluding hydrogens is 214 g/mol. The molecule has 0 aliphatic heterocycles. The van der Waals surface area contributed by atoms with E-state index in [4.69, 9.17) is 4.74 Å². The highest BCUT2D eigenvalue weighted by atomic mass is 16.5. The molecule has 1 heterocycles. The molecule has 0 atom stereocenters. The molecule has 17 heavy (non-hydrogen) atoms. The van der Waals surface area contributed by atoms with E-state index in [-0.39, 0.29) is 5.97 Å². The van der Waals surface area contributed by atoms with Gasteiger partial charge in [0.1, 0.15) is 5.69 Å². The molecule has 2 aromatic rings. The topological polar surface area (TPSA) is 42.1 Å². The lowest BCUT2D eigenvalue weighted by atomic mass is 10.1. The summed E-state index contributed by atoms with van der Waals surface area (Å²) in [6.45, 7) is 6.41. The van der Waals surface area contributed by atoms with E-state index in [0.717, 1.165) is 16.5 Å². The lowest BCUT2D eigenvalue weighted by molar-refractivity contribution is 0.0522. The maximum atomic E-state index is 11.8. The van der Waals surface area contributed by atoms with E-state index in [9.17, 15) is 4.79 Å². The molecule has 2 rings (SSSR count). The van der Waals surface area contributed by atoms with E-state index < -0.39 is 0 Å². The van der Waals surface area contributed by atoms with Gasteiger partial charge in [0.25, 0.3) is 0 Å². The number of rotatable bonds is 3. The molecule has 0 aliphatic rings. The maximum absolute atomic E-state index is 11.8. The van der Waals surface area contributed by atoms with E-state index in [2.05, 4.69) is 18.8 Å². The van der Waals surface area contributed by atoms with Crippen LogP contribution in [-0.2, 0) is 4.74 Å². The number of hydrogen-bond donors (Lipinski definition) is 1. The van der Waals surface area contributed by atoms with Crippen molar-refractivity contribution in [1.29, 1.82) is 0 Å². The van der Waals surface area contributed by atoms with Crippen molar-refractivity contribution in [1.82, 2.24) is 4.98 Å². The number of fused-ring (bicyclic) bond motifs is 1. The molecule has 0 saturated carbocycles. The largest absolute Gasteiger partial charge is 0.461 e. The van der Waals surface area contributed by atoms with E-state index in [1.807, 2.05) is 31.2 Å². The van der Waals surface area contributed by atoms with E-state index in [1.54, 1.807) is 0 Å². The number of nitrogens with one attached hydrogen (secondary N) is 1. The Morgan fingerprint density at radius 3 is 2.53 bits per heavy atom. The Kier molecular flexibility index (Phi) is 3.18. The predicted molar refractivity (Wildman–Crippen MR) is 68.3 cm³/mol. The molecule has 0 fully saturated rings. The second-order valence-corrected chi connectivity index (χ2v) is 4.33. The van der Waals surface area contributed by atoms with Crippen molar-refractivity contribution in [3.05, 3.63) is 35.7 Å². The van der Waals surface area contributed by atoms with Gasteiger partial charge in [-0.3, -0.25) is 0 Å². The summed E-state index contributed by atoms with van der Waals surface area (Å²) in [5.41, 5.74) is 1.65. The molecule has 1 aromatic carbocycles. The lowest BCUT2D eigenvalue weighted by Gasteiger charge is -2.02. The van der Waals surface area contributed by atoms with Gasteiger partial charge in [-0.1, -0.05) is 38.1 Å². The van der Waals surface area contributed by atoms with Crippen LogP contribution in [0.15, 0.2) is 24.3 Å². The average molecular weight is 231 g/mol. The Labute approximate surface area is 101 Å². The molecule has 3 nitrogen and oxygen atoms in total. The number of benzene rings is 1. The van der Waals surface area contributed by atoms with E-state index in [1.165, 1.54) is 0 Å². The van der Waals surface area contributed by atoms with E-state index >= 15 is 0 Å². The molecule has 0 bridgehead atoms. The van der Waals surface area contributed by atoms with Crippen molar-refractivity contribution in [2.45, 2.75) is 26.7 Å². The van der Waals surface area contributed by atoms with Crippen molar-refractivity contribution in [2.24, 2.45) is 0 Å². The molecule has 90 valence electrons. The minimum atomic E-state index is -0.282.